The van der Waals surface area contributed by atoms with Crippen LogP contribution in [0.25, 0.3) is 0 Å². The van der Waals surface area contributed by atoms with E-state index in [0.29, 0.717) is 12.8 Å². The number of hydrogen-bond donors (Lipinski definition) is 6. The van der Waals surface area contributed by atoms with Crippen molar-refractivity contribution in [3.8, 4) is 0 Å². The van der Waals surface area contributed by atoms with Crippen molar-refractivity contribution < 1.29 is 63.6 Å². The molecule has 310 valence electrons. The highest BCUT2D eigenvalue weighted by Gasteiger charge is 2.55. The molecule has 3 fully saturated rings. The maximum Gasteiger partial charge on any atom is 0.311 e. The predicted octanol–water partition coefficient (Wildman–Crippen LogP) is 1.74. The molecule has 0 aromatic heterocycles. The molecule has 16 heteroatoms. The molecule has 3 heterocycles. The molecule has 0 aromatic carbocycles. The van der Waals surface area contributed by atoms with E-state index in [9.17, 15) is 30.4 Å². The van der Waals surface area contributed by atoms with Crippen LogP contribution in [0.5, 0.6) is 0 Å². The van der Waals surface area contributed by atoms with Crippen molar-refractivity contribution in [1.29, 1.82) is 0 Å². The van der Waals surface area contributed by atoms with E-state index in [0.717, 1.165) is 0 Å². The van der Waals surface area contributed by atoms with E-state index in [2.05, 4.69) is 5.16 Å². The summed E-state index contributed by atoms with van der Waals surface area (Å²) in [7, 11) is 5.24. The van der Waals surface area contributed by atoms with Gasteiger partial charge in [0.25, 0.3) is 0 Å². The number of nitrogens with two attached hydrogens (primary N) is 1. The van der Waals surface area contributed by atoms with Crippen molar-refractivity contribution in [1.82, 2.24) is 4.90 Å². The zero-order valence-corrected chi connectivity index (χ0v) is 34.0. The normalized spacial score (nSPS) is 39.7. The number of ether oxygens (including phenoxy) is 7. The highest BCUT2D eigenvalue weighted by Crippen LogP contribution is 2.43. The lowest BCUT2D eigenvalue weighted by atomic mass is 9.79. The van der Waals surface area contributed by atoms with Gasteiger partial charge < -0.3 is 69.4 Å². The Balaban J connectivity index is 2.11. The summed E-state index contributed by atoms with van der Waals surface area (Å²) < 4.78 is 43.8. The van der Waals surface area contributed by atoms with Crippen LogP contribution in [0.15, 0.2) is 5.16 Å². The average Bonchev–Trinajstić information content (AvgIpc) is 3.40. The van der Waals surface area contributed by atoms with Crippen molar-refractivity contribution in [2.45, 2.75) is 185 Å². The lowest BCUT2D eigenvalue weighted by Crippen LogP contribution is -2.60. The van der Waals surface area contributed by atoms with Crippen LogP contribution in [0, 0.1) is 17.8 Å². The lowest BCUT2D eigenvalue weighted by Gasteiger charge is -2.48. The van der Waals surface area contributed by atoms with Crippen LogP contribution in [0.1, 0.15) is 94.9 Å². The first kappa shape index (κ1) is 45.7. The summed E-state index contributed by atoms with van der Waals surface area (Å²) in [5.74, 6) is -2.72. The molecule has 0 spiro atoms. The first-order valence-electron chi connectivity index (χ1n) is 18.9. The van der Waals surface area contributed by atoms with Crippen LogP contribution >= 0.6 is 0 Å². The van der Waals surface area contributed by atoms with Crippen LogP contribution in [-0.4, -0.2) is 154 Å². The van der Waals surface area contributed by atoms with Gasteiger partial charge in [0.1, 0.15) is 41.7 Å². The zero-order valence-electron chi connectivity index (χ0n) is 34.0. The Morgan fingerprint density at radius 3 is 2.25 bits per heavy atom. The largest absolute Gasteiger partial charge is 0.469 e. The maximum atomic E-state index is 14.2. The summed E-state index contributed by atoms with van der Waals surface area (Å²) in [5, 5.41) is 57.7. The number of oxime groups is 1. The number of esters is 1. The van der Waals surface area contributed by atoms with Crippen LogP contribution in [0.3, 0.4) is 0 Å². The minimum atomic E-state index is -1.88. The molecular formula is C37H69N3O13. The summed E-state index contributed by atoms with van der Waals surface area (Å²) in [4.78, 5) is 16.1. The number of nitrogens with zero attached hydrogens (tertiary/aromatic N) is 2. The number of aliphatic hydroxyl groups excluding tert-OH is 3. The Labute approximate surface area is 315 Å². The van der Waals surface area contributed by atoms with Crippen LogP contribution in [-0.2, 0) is 38.0 Å². The van der Waals surface area contributed by atoms with E-state index in [1.54, 1.807) is 34.6 Å². The monoisotopic (exact) mass is 763 g/mol. The predicted molar refractivity (Wildman–Crippen MR) is 194 cm³/mol. The van der Waals surface area contributed by atoms with Crippen molar-refractivity contribution in [3.05, 3.63) is 0 Å². The summed E-state index contributed by atoms with van der Waals surface area (Å²) in [6.45, 7) is 17.1. The molecule has 3 aliphatic rings. The molecule has 7 N–H and O–H groups in total. The first-order valence-corrected chi connectivity index (χ1v) is 18.9. The van der Waals surface area contributed by atoms with E-state index in [1.165, 1.54) is 14.0 Å². The Morgan fingerprint density at radius 1 is 1.11 bits per heavy atom. The highest BCUT2D eigenvalue weighted by atomic mass is 16.7. The second-order valence-electron chi connectivity index (χ2n) is 16.6. The average molecular weight is 764 g/mol. The minimum absolute atomic E-state index is 0.108. The smallest absolute Gasteiger partial charge is 0.311 e. The van der Waals surface area contributed by atoms with E-state index >= 15 is 0 Å². The number of rotatable bonds is 16. The maximum absolute atomic E-state index is 14.2. The number of aliphatic hydroxyl groups is 4. The standard InChI is InChI=1S/C37H69N3O13/c1-14-25(37(10,45)29(42)22(6)38)50-33(44)21(5)28(51-26-17-35(8,47-13)30(43)23(7)49-26)20(4)31(36(9)16-18(2)32(39-46)53-36)52-34-27(41)24(40(11)12)15-19(3)48-34/h18-31,34,41-43,45-46H,14-17,38H2,1-13H3/b39-32+/t18-,19-,20+,21-,22-,23-,24-,25-,26-,27-,28+,29-,30-,31-,34+,35+,36+,37-/m1/s1. The molecule has 3 aliphatic heterocycles. The Morgan fingerprint density at radius 2 is 1.74 bits per heavy atom. The SMILES string of the molecule is CC[C@@H](OC(=O)[C@H](C)[C@@H](O[C@@H]1C[C@](C)(OC)[C@H](O)[C@@H](C)O1)[C@H](C)[C@@H](O[C@@H]1O[C@H](C)C[C@@H](N(C)C)[C@H]1O)[C@]1(C)C[C@@H](C)/C(=N\O)O1)[C@@](C)(O)[C@H](O)[C@@H](C)N. The van der Waals surface area contributed by atoms with Crippen molar-refractivity contribution in [2.75, 3.05) is 21.2 Å². The fourth-order valence-electron chi connectivity index (χ4n) is 8.35. The third-order valence-electron chi connectivity index (χ3n) is 11.8. The fourth-order valence-corrected chi connectivity index (χ4v) is 8.35. The first-order chi connectivity index (χ1) is 24.5. The van der Waals surface area contributed by atoms with Gasteiger partial charge in [0, 0.05) is 43.9 Å². The van der Waals surface area contributed by atoms with Gasteiger partial charge in [-0.2, -0.15) is 0 Å². The third-order valence-corrected chi connectivity index (χ3v) is 11.8. The van der Waals surface area contributed by atoms with Crippen molar-refractivity contribution in [3.63, 3.8) is 0 Å². The quantitative estimate of drug-likeness (QED) is 0.0749. The summed E-state index contributed by atoms with van der Waals surface area (Å²) >= 11 is 0. The highest BCUT2D eigenvalue weighted by molar-refractivity contribution is 5.80. The van der Waals surface area contributed by atoms with E-state index in [4.69, 9.17) is 38.9 Å². The minimum Gasteiger partial charge on any atom is -0.469 e. The summed E-state index contributed by atoms with van der Waals surface area (Å²) in [6, 6.07) is -1.10. The molecule has 0 unspecified atom stereocenters. The Bertz CT molecular complexity index is 1220. The number of carbonyl (C=O) groups excluding carboxylic acids is 1. The van der Waals surface area contributed by atoms with Gasteiger partial charge in [-0.3, -0.25) is 4.79 Å². The second kappa shape index (κ2) is 18.0. The van der Waals surface area contributed by atoms with Gasteiger partial charge in [0.2, 0.25) is 5.90 Å². The van der Waals surface area contributed by atoms with Gasteiger partial charge in [0.05, 0.1) is 29.8 Å². The molecule has 0 bridgehead atoms. The van der Waals surface area contributed by atoms with Crippen LogP contribution < -0.4 is 5.73 Å². The zero-order chi connectivity index (χ0) is 40.4. The molecular weight excluding hydrogens is 694 g/mol. The molecule has 0 amide bonds. The van der Waals surface area contributed by atoms with Gasteiger partial charge in [-0.1, -0.05) is 25.9 Å². The number of hydrogen-bond acceptors (Lipinski definition) is 16. The molecule has 3 saturated heterocycles. The van der Waals surface area contributed by atoms with E-state index in [-0.39, 0.29) is 36.8 Å². The molecule has 0 saturated carbocycles. The van der Waals surface area contributed by atoms with Gasteiger partial charge >= 0.3 is 5.97 Å². The van der Waals surface area contributed by atoms with E-state index in [1.807, 2.05) is 46.7 Å². The van der Waals surface area contributed by atoms with Gasteiger partial charge in [0.15, 0.2) is 12.6 Å². The van der Waals surface area contributed by atoms with Crippen molar-refractivity contribution >= 4 is 11.9 Å². The molecule has 18 atom stereocenters. The van der Waals surface area contributed by atoms with Gasteiger partial charge in [-0.25, -0.2) is 0 Å². The van der Waals surface area contributed by atoms with Crippen molar-refractivity contribution in [2.24, 2.45) is 28.6 Å². The Hall–Kier alpha value is -1.70. The van der Waals surface area contributed by atoms with Crippen LogP contribution in [0.2, 0.25) is 0 Å². The topological polar surface area (TPSA) is 224 Å². The number of methoxy groups -OCH3 is 1. The lowest BCUT2D eigenvalue weighted by molar-refractivity contribution is -0.315. The molecule has 0 aliphatic carbocycles. The second-order valence-corrected chi connectivity index (χ2v) is 16.6. The molecule has 0 radical (unpaired) electrons. The number of likely N-dealkylation sites (N-methyl/N-ethyl adjacent to an activating group) is 1. The molecule has 16 nitrogen and oxygen atoms in total. The summed E-state index contributed by atoms with van der Waals surface area (Å²) in [6.07, 6.45) is -8.39. The van der Waals surface area contributed by atoms with Gasteiger partial charge in [-0.05, 0) is 75.4 Å². The fraction of sp³-hybridized carbons (Fsp3) is 0.946. The molecule has 0 aromatic rings. The molecule has 53 heavy (non-hydrogen) atoms. The summed E-state index contributed by atoms with van der Waals surface area (Å²) in [5.41, 5.74) is 1.82. The van der Waals surface area contributed by atoms with E-state index < -0.39 is 96.0 Å². The third kappa shape index (κ3) is 10.0. The molecule has 3 rings (SSSR count). The Kier molecular flexibility index (Phi) is 15.6. The number of carbonyl (C=O) groups is 1. The van der Waals surface area contributed by atoms with Crippen LogP contribution in [0.4, 0.5) is 0 Å². The van der Waals surface area contributed by atoms with Gasteiger partial charge in [-0.15, -0.1) is 0 Å².